The van der Waals surface area contributed by atoms with Crippen molar-refractivity contribution in [2.24, 2.45) is 0 Å². The highest BCUT2D eigenvalue weighted by Crippen LogP contribution is 2.27. The van der Waals surface area contributed by atoms with Gasteiger partial charge < -0.3 is 15.0 Å². The molecule has 0 atom stereocenters. The van der Waals surface area contributed by atoms with E-state index in [1.165, 1.54) is 25.3 Å². The molecular weight excluding hydrogens is 474 g/mol. The van der Waals surface area contributed by atoms with E-state index in [1.807, 2.05) is 0 Å². The van der Waals surface area contributed by atoms with Crippen molar-refractivity contribution in [3.63, 3.8) is 0 Å². The van der Waals surface area contributed by atoms with Crippen LogP contribution in [0.2, 0.25) is 0 Å². The van der Waals surface area contributed by atoms with Crippen molar-refractivity contribution in [2.75, 3.05) is 31.5 Å². The normalized spacial score (nSPS) is 13.7. The zero-order chi connectivity index (χ0) is 21.7. The molecule has 1 aliphatic heterocycles. The predicted molar refractivity (Wildman–Crippen MR) is 116 cm³/mol. The number of rotatable bonds is 7. The fourth-order valence-corrected chi connectivity index (χ4v) is 4.61. The summed E-state index contributed by atoms with van der Waals surface area (Å²) < 4.78 is 34.2. The molecule has 160 valence electrons. The Morgan fingerprint density at radius 2 is 1.77 bits per heavy atom. The van der Waals surface area contributed by atoms with Crippen LogP contribution in [-0.4, -0.2) is 51.9 Å². The minimum atomic E-state index is -4.01. The second-order valence-corrected chi connectivity index (χ2v) is 9.32. The van der Waals surface area contributed by atoms with Crippen molar-refractivity contribution in [1.82, 2.24) is 10.2 Å². The molecule has 2 aromatic rings. The third kappa shape index (κ3) is 5.31. The number of nitrogens with zero attached hydrogens (tertiary/aromatic N) is 1. The highest BCUT2D eigenvalue weighted by atomic mass is 79.9. The van der Waals surface area contributed by atoms with Gasteiger partial charge in [-0.2, -0.15) is 0 Å². The lowest BCUT2D eigenvalue weighted by atomic mass is 10.2. The molecule has 1 fully saturated rings. The van der Waals surface area contributed by atoms with Gasteiger partial charge in [-0.15, -0.1) is 0 Å². The van der Waals surface area contributed by atoms with Crippen LogP contribution in [0.3, 0.4) is 0 Å². The van der Waals surface area contributed by atoms with Crippen molar-refractivity contribution in [3.8, 4) is 5.75 Å². The van der Waals surface area contributed by atoms with Crippen LogP contribution in [0.15, 0.2) is 51.8 Å². The minimum Gasteiger partial charge on any atom is -0.495 e. The van der Waals surface area contributed by atoms with Crippen LogP contribution in [-0.2, 0) is 14.8 Å². The van der Waals surface area contributed by atoms with Gasteiger partial charge in [0.2, 0.25) is 5.91 Å². The van der Waals surface area contributed by atoms with Crippen LogP contribution < -0.4 is 14.8 Å². The van der Waals surface area contributed by atoms with E-state index in [1.54, 1.807) is 29.2 Å². The number of methoxy groups -OCH3 is 1. The first kappa shape index (κ1) is 22.1. The van der Waals surface area contributed by atoms with Gasteiger partial charge in [-0.25, -0.2) is 8.42 Å². The van der Waals surface area contributed by atoms with Crippen molar-refractivity contribution >= 4 is 43.5 Å². The van der Waals surface area contributed by atoms with E-state index < -0.39 is 15.9 Å². The number of hydrogen-bond acceptors (Lipinski definition) is 5. The maximum atomic E-state index is 12.9. The van der Waals surface area contributed by atoms with Crippen molar-refractivity contribution < 1.29 is 22.7 Å². The molecule has 8 nitrogen and oxygen atoms in total. The smallest absolute Gasteiger partial charge is 0.265 e. The van der Waals surface area contributed by atoms with Gasteiger partial charge in [-0.3, -0.25) is 14.3 Å². The fraction of sp³-hybridized carbons (Fsp3) is 0.300. The van der Waals surface area contributed by atoms with Gasteiger partial charge in [0, 0.05) is 28.8 Å². The number of anilines is 1. The van der Waals surface area contributed by atoms with Crippen molar-refractivity contribution in [3.05, 3.63) is 52.5 Å². The topological polar surface area (TPSA) is 105 Å². The van der Waals surface area contributed by atoms with Gasteiger partial charge in [0.15, 0.2) is 0 Å². The molecule has 0 radical (unpaired) electrons. The number of sulfonamides is 1. The van der Waals surface area contributed by atoms with Gasteiger partial charge in [0.25, 0.3) is 15.9 Å². The largest absolute Gasteiger partial charge is 0.495 e. The number of halogens is 1. The monoisotopic (exact) mass is 495 g/mol. The summed E-state index contributed by atoms with van der Waals surface area (Å²) in [5, 5.41) is 2.56. The SMILES string of the molecule is COc1ccc(C(=O)NCC(=O)N2CCCC2)cc1S(=O)(=O)Nc1ccc(Br)cc1. The van der Waals surface area contributed by atoms with Crippen molar-refractivity contribution in [1.29, 1.82) is 0 Å². The number of nitrogens with one attached hydrogen (secondary N) is 2. The zero-order valence-corrected chi connectivity index (χ0v) is 18.8. The standard InChI is InChI=1S/C20H22BrN3O5S/c1-29-17-9-4-14(20(26)22-13-19(25)24-10-2-3-11-24)12-18(17)30(27,28)23-16-7-5-15(21)6-8-16/h4-9,12,23H,2-3,10-11,13H2,1H3,(H,22,26). The number of carbonyl (C=O) groups is 2. The van der Waals surface area contributed by atoms with Crippen LogP contribution in [0, 0.1) is 0 Å². The third-order valence-electron chi connectivity index (χ3n) is 4.67. The van der Waals surface area contributed by atoms with Crippen LogP contribution in [0.25, 0.3) is 0 Å². The number of benzene rings is 2. The number of amides is 2. The Kier molecular flexibility index (Phi) is 6.99. The Hall–Kier alpha value is -2.59. The van der Waals surface area contributed by atoms with E-state index in [4.69, 9.17) is 4.74 Å². The molecule has 2 amide bonds. The summed E-state index contributed by atoms with van der Waals surface area (Å²) in [6.45, 7) is 1.26. The molecule has 30 heavy (non-hydrogen) atoms. The molecule has 0 bridgehead atoms. The molecule has 1 aliphatic rings. The average molecular weight is 496 g/mol. The summed E-state index contributed by atoms with van der Waals surface area (Å²) >= 11 is 3.30. The van der Waals surface area contributed by atoms with Crippen molar-refractivity contribution in [2.45, 2.75) is 17.7 Å². The first-order valence-electron chi connectivity index (χ1n) is 9.32. The molecule has 1 heterocycles. The van der Waals surface area contributed by atoms with Gasteiger partial charge >= 0.3 is 0 Å². The second-order valence-electron chi connectivity index (χ2n) is 6.75. The van der Waals surface area contributed by atoms with Gasteiger partial charge in [-0.05, 0) is 55.3 Å². The quantitative estimate of drug-likeness (QED) is 0.614. The van der Waals surface area contributed by atoms with Crippen LogP contribution in [0.5, 0.6) is 5.75 Å². The van der Waals surface area contributed by atoms with Crippen LogP contribution >= 0.6 is 15.9 Å². The maximum absolute atomic E-state index is 12.9. The molecule has 3 rings (SSSR count). The zero-order valence-electron chi connectivity index (χ0n) is 16.4. The Bertz CT molecular complexity index is 1030. The number of hydrogen-bond donors (Lipinski definition) is 2. The molecule has 10 heteroatoms. The third-order valence-corrected chi connectivity index (χ3v) is 6.60. The molecule has 0 unspecified atom stereocenters. The summed E-state index contributed by atoms with van der Waals surface area (Å²) in [7, 11) is -2.67. The summed E-state index contributed by atoms with van der Waals surface area (Å²) in [6, 6.07) is 10.7. The highest BCUT2D eigenvalue weighted by Gasteiger charge is 2.23. The summed E-state index contributed by atoms with van der Waals surface area (Å²) in [4.78, 5) is 26.1. The highest BCUT2D eigenvalue weighted by molar-refractivity contribution is 9.10. The Morgan fingerprint density at radius 1 is 1.10 bits per heavy atom. The Labute approximate surface area is 183 Å². The van der Waals surface area contributed by atoms with E-state index in [9.17, 15) is 18.0 Å². The number of ether oxygens (including phenoxy) is 1. The summed E-state index contributed by atoms with van der Waals surface area (Å²) in [6.07, 6.45) is 1.93. The average Bonchev–Trinajstić information content (AvgIpc) is 3.28. The molecule has 2 N–H and O–H groups in total. The fourth-order valence-electron chi connectivity index (χ4n) is 3.09. The van der Waals surface area contributed by atoms with E-state index in [2.05, 4.69) is 26.0 Å². The number of carbonyl (C=O) groups excluding carboxylic acids is 2. The molecule has 0 saturated carbocycles. The van der Waals surface area contributed by atoms with Gasteiger partial charge in [-0.1, -0.05) is 15.9 Å². The van der Waals surface area contributed by atoms with E-state index in [0.29, 0.717) is 18.8 Å². The molecule has 2 aromatic carbocycles. The van der Waals surface area contributed by atoms with Gasteiger partial charge in [0.1, 0.15) is 10.6 Å². The summed E-state index contributed by atoms with van der Waals surface area (Å²) in [5.74, 6) is -0.589. The second kappa shape index (κ2) is 9.48. The first-order chi connectivity index (χ1) is 14.3. The molecular formula is C20H22BrN3O5S. The number of likely N-dealkylation sites (tertiary alicyclic amines) is 1. The first-order valence-corrected chi connectivity index (χ1v) is 11.6. The van der Waals surface area contributed by atoms with Gasteiger partial charge in [0.05, 0.1) is 13.7 Å². The lowest BCUT2D eigenvalue weighted by molar-refractivity contribution is -0.129. The molecule has 0 spiro atoms. The Morgan fingerprint density at radius 3 is 2.40 bits per heavy atom. The maximum Gasteiger partial charge on any atom is 0.265 e. The van der Waals surface area contributed by atoms with E-state index in [0.717, 1.165) is 17.3 Å². The molecule has 0 aliphatic carbocycles. The Balaban J connectivity index is 1.77. The minimum absolute atomic E-state index is 0.101. The van der Waals surface area contributed by atoms with Crippen LogP contribution in [0.4, 0.5) is 5.69 Å². The lowest BCUT2D eigenvalue weighted by Crippen LogP contribution is -2.38. The van der Waals surface area contributed by atoms with Crippen LogP contribution in [0.1, 0.15) is 23.2 Å². The predicted octanol–water partition coefficient (Wildman–Crippen LogP) is 2.61. The summed E-state index contributed by atoms with van der Waals surface area (Å²) in [5.41, 5.74) is 0.479. The molecule has 1 saturated heterocycles. The van der Waals surface area contributed by atoms with E-state index in [-0.39, 0.29) is 28.7 Å². The van der Waals surface area contributed by atoms with E-state index >= 15 is 0 Å². The lowest BCUT2D eigenvalue weighted by Gasteiger charge is -2.16. The molecule has 0 aromatic heterocycles.